The highest BCUT2D eigenvalue weighted by Gasteiger charge is 2.38. The van der Waals surface area contributed by atoms with Crippen molar-refractivity contribution in [1.29, 1.82) is 0 Å². The normalized spacial score (nSPS) is 17.5. The maximum atomic E-state index is 13.0. The number of ketones is 1. The molecule has 1 heterocycles. The molecular formula is C41H63NO11S. The van der Waals surface area contributed by atoms with Gasteiger partial charge in [0.2, 0.25) is 0 Å². The van der Waals surface area contributed by atoms with Gasteiger partial charge in [-0.3, -0.25) is 9.69 Å². The molecule has 2 aromatic carbocycles. The molecule has 304 valence electrons. The Morgan fingerprint density at radius 1 is 0.648 bits per heavy atom. The summed E-state index contributed by atoms with van der Waals surface area (Å²) in [5, 5.41) is 0. The fourth-order valence-electron chi connectivity index (χ4n) is 6.62. The third-order valence-corrected chi connectivity index (χ3v) is 11.3. The highest BCUT2D eigenvalue weighted by atomic mass is 32.2. The number of rotatable bonds is 31. The zero-order valence-corrected chi connectivity index (χ0v) is 33.1. The van der Waals surface area contributed by atoms with Crippen LogP contribution in [0.1, 0.15) is 69.1 Å². The molecule has 2 aliphatic rings. The van der Waals surface area contributed by atoms with Crippen LogP contribution in [-0.2, 0) is 54.2 Å². The molecule has 2 atom stereocenters. The van der Waals surface area contributed by atoms with E-state index < -0.39 is 9.84 Å². The molecule has 1 aliphatic carbocycles. The van der Waals surface area contributed by atoms with Crippen molar-refractivity contribution >= 4 is 15.6 Å². The Hall–Kier alpha value is -2.46. The molecule has 0 amide bonds. The van der Waals surface area contributed by atoms with Gasteiger partial charge in [-0.05, 0) is 87.5 Å². The number of hydrogen-bond donors (Lipinski definition) is 0. The van der Waals surface area contributed by atoms with Gasteiger partial charge < -0.3 is 37.9 Å². The lowest BCUT2D eigenvalue weighted by Crippen LogP contribution is -2.43. The van der Waals surface area contributed by atoms with Gasteiger partial charge in [0, 0.05) is 32.7 Å². The predicted octanol–water partition coefficient (Wildman–Crippen LogP) is 5.26. The topological polar surface area (TPSA) is 128 Å². The first-order valence-electron chi connectivity index (χ1n) is 19.8. The fourth-order valence-corrected chi connectivity index (χ4v) is 7.90. The molecule has 1 fully saturated rings. The molecule has 0 N–H and O–H groups in total. The Balaban J connectivity index is 0.957. The molecule has 13 heteroatoms. The van der Waals surface area contributed by atoms with Crippen LogP contribution >= 0.6 is 0 Å². The second-order valence-electron chi connectivity index (χ2n) is 13.5. The molecule has 0 spiro atoms. The summed E-state index contributed by atoms with van der Waals surface area (Å²) < 4.78 is 70.6. The number of Topliss-reactive ketones (excluding diaryl/α,β-unsaturated/α-hetero) is 1. The van der Waals surface area contributed by atoms with E-state index in [0.717, 1.165) is 19.5 Å². The Morgan fingerprint density at radius 2 is 1.20 bits per heavy atom. The summed E-state index contributed by atoms with van der Waals surface area (Å²) in [6, 6.07) is 15.6. The maximum Gasteiger partial charge on any atom is 0.178 e. The number of fused-ring (bicyclic) bond motifs is 1. The molecule has 0 bridgehead atoms. The molecule has 1 saturated heterocycles. The van der Waals surface area contributed by atoms with Crippen molar-refractivity contribution < 1.29 is 51.1 Å². The number of hydrogen-bond acceptors (Lipinski definition) is 12. The third-order valence-electron chi connectivity index (χ3n) is 9.48. The van der Waals surface area contributed by atoms with Gasteiger partial charge in [0.05, 0.1) is 89.4 Å². The van der Waals surface area contributed by atoms with Crippen molar-refractivity contribution in [2.75, 3.05) is 111 Å². The molecule has 0 unspecified atom stereocenters. The highest BCUT2D eigenvalue weighted by molar-refractivity contribution is 7.91. The number of sulfone groups is 1. The van der Waals surface area contributed by atoms with Crippen LogP contribution in [0.25, 0.3) is 0 Å². The van der Waals surface area contributed by atoms with Crippen LogP contribution < -0.4 is 4.74 Å². The molecule has 4 rings (SSSR count). The minimum Gasteiger partial charge on any atom is -0.484 e. The van der Waals surface area contributed by atoms with Gasteiger partial charge in [-0.2, -0.15) is 0 Å². The van der Waals surface area contributed by atoms with Gasteiger partial charge in [-0.1, -0.05) is 30.7 Å². The Morgan fingerprint density at radius 3 is 1.83 bits per heavy atom. The third kappa shape index (κ3) is 16.7. The number of benzene rings is 2. The maximum absolute atomic E-state index is 13.0. The average molecular weight is 778 g/mol. The van der Waals surface area contributed by atoms with E-state index in [1.165, 1.54) is 30.4 Å². The summed E-state index contributed by atoms with van der Waals surface area (Å²) in [5.74, 6) is 0.841. The quantitative estimate of drug-likeness (QED) is 0.0928. The first-order chi connectivity index (χ1) is 26.5. The van der Waals surface area contributed by atoms with Crippen LogP contribution in [0.2, 0.25) is 0 Å². The van der Waals surface area contributed by atoms with Crippen LogP contribution in [0.3, 0.4) is 0 Å². The van der Waals surface area contributed by atoms with Crippen molar-refractivity contribution in [3.63, 3.8) is 0 Å². The van der Waals surface area contributed by atoms with Crippen molar-refractivity contribution in [1.82, 2.24) is 4.90 Å². The second kappa shape index (κ2) is 26.4. The van der Waals surface area contributed by atoms with Gasteiger partial charge in [0.1, 0.15) is 17.6 Å². The van der Waals surface area contributed by atoms with Crippen LogP contribution in [-0.4, -0.2) is 136 Å². The van der Waals surface area contributed by atoms with Gasteiger partial charge in [0.25, 0.3) is 0 Å². The van der Waals surface area contributed by atoms with Crippen LogP contribution in [0.4, 0.5) is 0 Å². The largest absolute Gasteiger partial charge is 0.484 e. The summed E-state index contributed by atoms with van der Waals surface area (Å²) in [7, 11) is -3.44. The summed E-state index contributed by atoms with van der Waals surface area (Å²) in [6.45, 7) is 10.8. The number of ether oxygens (including phenoxy) is 8. The standard InChI is InChI=1S/C41H63NO11S/c1-2-46-23-24-50-31-32-52-30-27-49-22-17-36(43)11-8-20-47-25-28-51-29-26-48-21-9-33-54(44,45)38-15-13-37(14-16-38)53-41-39-12-5-4-10-35(39)34-40(41)42-18-6-3-7-19-42/h4-5,10,12-16,40-41H,2-3,6-9,11,17-34H2,1H3/t40-,41-/m0/s1. The molecule has 2 aromatic rings. The smallest absolute Gasteiger partial charge is 0.178 e. The number of piperidine rings is 1. The zero-order valence-electron chi connectivity index (χ0n) is 32.3. The van der Waals surface area contributed by atoms with E-state index in [1.807, 2.05) is 6.92 Å². The molecule has 1 aliphatic heterocycles. The number of nitrogens with zero attached hydrogens (tertiary/aromatic N) is 1. The first kappa shape index (κ1) is 44.3. The van der Waals surface area contributed by atoms with Gasteiger partial charge in [-0.25, -0.2) is 8.42 Å². The lowest BCUT2D eigenvalue weighted by Gasteiger charge is -2.35. The SMILES string of the molecule is CCOCCOCCOCCOCCC(=O)CCCOCCOCCOCCCS(=O)(=O)c1ccc(O[C@H]2c3ccccc3C[C@@H]2N2CCCCC2)cc1. The Kier molecular flexibility index (Phi) is 21.6. The van der Waals surface area contributed by atoms with Gasteiger partial charge in [-0.15, -0.1) is 0 Å². The average Bonchev–Trinajstić information content (AvgIpc) is 3.55. The monoisotopic (exact) mass is 777 g/mol. The zero-order chi connectivity index (χ0) is 38.1. The van der Waals surface area contributed by atoms with E-state index in [2.05, 4.69) is 29.2 Å². The highest BCUT2D eigenvalue weighted by Crippen LogP contribution is 2.39. The van der Waals surface area contributed by atoms with Crippen molar-refractivity contribution in [2.45, 2.75) is 75.3 Å². The minimum atomic E-state index is -3.44. The van der Waals surface area contributed by atoms with Crippen LogP contribution in [0.15, 0.2) is 53.4 Å². The fraction of sp³-hybridized carbons (Fsp3) is 0.683. The van der Waals surface area contributed by atoms with E-state index in [1.54, 1.807) is 24.3 Å². The van der Waals surface area contributed by atoms with E-state index >= 15 is 0 Å². The van der Waals surface area contributed by atoms with Crippen molar-refractivity contribution in [3.8, 4) is 5.75 Å². The van der Waals surface area contributed by atoms with E-state index in [-0.39, 0.29) is 17.6 Å². The Bertz CT molecular complexity index is 1400. The molecule has 12 nitrogen and oxygen atoms in total. The second-order valence-corrected chi connectivity index (χ2v) is 15.6. The summed E-state index contributed by atoms with van der Waals surface area (Å²) in [4.78, 5) is 14.9. The number of carbonyl (C=O) groups excluding carboxylic acids is 1. The van der Waals surface area contributed by atoms with Gasteiger partial charge in [0.15, 0.2) is 9.84 Å². The van der Waals surface area contributed by atoms with E-state index in [4.69, 9.17) is 37.9 Å². The summed E-state index contributed by atoms with van der Waals surface area (Å²) in [6.07, 6.45) is 6.52. The van der Waals surface area contributed by atoms with Gasteiger partial charge >= 0.3 is 0 Å². The lowest BCUT2D eigenvalue weighted by atomic mass is 10.0. The van der Waals surface area contributed by atoms with E-state index in [0.29, 0.717) is 135 Å². The van der Waals surface area contributed by atoms with Crippen LogP contribution in [0.5, 0.6) is 5.75 Å². The molecule has 0 aromatic heterocycles. The number of likely N-dealkylation sites (tertiary alicyclic amines) is 1. The molecular weight excluding hydrogens is 715 g/mol. The molecule has 0 radical (unpaired) electrons. The van der Waals surface area contributed by atoms with Crippen molar-refractivity contribution in [2.24, 2.45) is 0 Å². The van der Waals surface area contributed by atoms with E-state index in [9.17, 15) is 13.2 Å². The van der Waals surface area contributed by atoms with Crippen LogP contribution in [0, 0.1) is 0 Å². The summed E-state index contributed by atoms with van der Waals surface area (Å²) >= 11 is 0. The minimum absolute atomic E-state index is 0.00594. The first-order valence-corrected chi connectivity index (χ1v) is 21.5. The molecule has 54 heavy (non-hydrogen) atoms. The predicted molar refractivity (Wildman–Crippen MR) is 206 cm³/mol. The summed E-state index contributed by atoms with van der Waals surface area (Å²) in [5.41, 5.74) is 2.56. The van der Waals surface area contributed by atoms with Crippen molar-refractivity contribution in [3.05, 3.63) is 59.7 Å². The molecule has 0 saturated carbocycles. The lowest BCUT2D eigenvalue weighted by molar-refractivity contribution is -0.120. The Labute approximate surface area is 323 Å². The number of carbonyl (C=O) groups is 1.